The molecule has 3 rings (SSSR count). The Morgan fingerprint density at radius 3 is 2.85 bits per heavy atom. The first kappa shape index (κ1) is 18.7. The van der Waals surface area contributed by atoms with E-state index >= 15 is 0 Å². The van der Waals surface area contributed by atoms with E-state index in [2.05, 4.69) is 54.0 Å². The lowest BCUT2D eigenvalue weighted by Crippen LogP contribution is -2.34. The van der Waals surface area contributed by atoms with Crippen LogP contribution in [-0.4, -0.2) is 11.9 Å². The minimum Gasteiger partial charge on any atom is -0.326 e. The van der Waals surface area contributed by atoms with E-state index in [-0.39, 0.29) is 5.91 Å². The second-order valence-corrected chi connectivity index (χ2v) is 7.34. The Morgan fingerprint density at radius 1 is 1.19 bits per heavy atom. The number of carbonyl (C=O) groups excluding carboxylic acids is 1. The van der Waals surface area contributed by atoms with Crippen molar-refractivity contribution in [3.8, 4) is 0 Å². The molecule has 2 N–H and O–H groups in total. The van der Waals surface area contributed by atoms with Gasteiger partial charge in [0.2, 0.25) is 5.91 Å². The van der Waals surface area contributed by atoms with E-state index in [1.54, 1.807) is 6.92 Å². The zero-order valence-corrected chi connectivity index (χ0v) is 15.9. The van der Waals surface area contributed by atoms with Crippen LogP contribution in [0.25, 0.3) is 0 Å². The lowest BCUT2D eigenvalue weighted by atomic mass is 9.87. The fraction of sp³-hybridized carbons (Fsp3) is 0.435. The largest absolute Gasteiger partial charge is 0.326 e. The van der Waals surface area contributed by atoms with E-state index in [0.29, 0.717) is 12.1 Å². The molecule has 0 bridgehead atoms. The van der Waals surface area contributed by atoms with Crippen LogP contribution in [0, 0.1) is 0 Å². The molecule has 3 nitrogen and oxygen atoms in total. The van der Waals surface area contributed by atoms with Gasteiger partial charge >= 0.3 is 0 Å². The summed E-state index contributed by atoms with van der Waals surface area (Å²) in [5.41, 5.74) is 5.16. The minimum absolute atomic E-state index is 0.0220. The van der Waals surface area contributed by atoms with Crippen molar-refractivity contribution in [3.05, 3.63) is 65.2 Å². The summed E-state index contributed by atoms with van der Waals surface area (Å²) in [6.07, 6.45) is 6.96. The smallest absolute Gasteiger partial charge is 0.221 e. The van der Waals surface area contributed by atoms with Crippen molar-refractivity contribution in [3.63, 3.8) is 0 Å². The molecule has 0 saturated carbocycles. The van der Waals surface area contributed by atoms with Gasteiger partial charge in [-0.05, 0) is 67.3 Å². The summed E-state index contributed by atoms with van der Waals surface area (Å²) in [6.45, 7) is 3.81. The van der Waals surface area contributed by atoms with Gasteiger partial charge in [-0.25, -0.2) is 0 Å². The van der Waals surface area contributed by atoms with Gasteiger partial charge in [-0.3, -0.25) is 4.79 Å². The number of hydrogen-bond acceptors (Lipinski definition) is 2. The molecule has 1 aliphatic rings. The highest BCUT2D eigenvalue weighted by Gasteiger charge is 2.21. The highest BCUT2D eigenvalue weighted by Crippen LogP contribution is 2.30. The molecule has 0 aliphatic heterocycles. The molecule has 26 heavy (non-hydrogen) atoms. The molecular formula is C23H30N2O. The van der Waals surface area contributed by atoms with Crippen LogP contribution in [0.2, 0.25) is 0 Å². The normalized spacial score (nSPS) is 17.4. The highest BCUT2D eigenvalue weighted by atomic mass is 16.1. The Balaban J connectivity index is 1.60. The molecule has 0 saturated heterocycles. The predicted molar refractivity (Wildman–Crippen MR) is 108 cm³/mol. The number of carbonyl (C=O) groups is 1. The van der Waals surface area contributed by atoms with E-state index in [9.17, 15) is 4.79 Å². The molecule has 2 aromatic carbocycles. The molecule has 0 spiro atoms. The topological polar surface area (TPSA) is 41.1 Å². The summed E-state index contributed by atoms with van der Waals surface area (Å²) in [5.74, 6) is -0.0220. The highest BCUT2D eigenvalue weighted by molar-refractivity contribution is 5.88. The molecule has 1 aliphatic carbocycles. The Kier molecular flexibility index (Phi) is 6.45. The summed E-state index contributed by atoms with van der Waals surface area (Å²) in [5, 5.41) is 6.78. The Morgan fingerprint density at radius 2 is 2.04 bits per heavy atom. The molecule has 2 atom stereocenters. The standard InChI is InChI=1S/C23H30N2O/c1-3-20(15-14-18-8-6-11-21(16-18)24-17(2)26)25-23-13-7-10-19-9-4-5-12-22(19)23/h4-6,8-9,11-12,16,20,23,25H,3,7,10,13-15H2,1-2H3,(H,24,26). The minimum atomic E-state index is -0.0220. The number of anilines is 1. The van der Waals surface area contributed by atoms with E-state index in [1.807, 2.05) is 12.1 Å². The first-order valence-electron chi connectivity index (χ1n) is 9.86. The first-order valence-corrected chi connectivity index (χ1v) is 9.86. The molecule has 3 heteroatoms. The van der Waals surface area contributed by atoms with Gasteiger partial charge in [-0.2, -0.15) is 0 Å². The fourth-order valence-electron chi connectivity index (χ4n) is 3.97. The summed E-state index contributed by atoms with van der Waals surface area (Å²) in [7, 11) is 0. The second-order valence-electron chi connectivity index (χ2n) is 7.34. The summed E-state index contributed by atoms with van der Waals surface area (Å²) in [4.78, 5) is 11.2. The van der Waals surface area contributed by atoms with Crippen molar-refractivity contribution >= 4 is 11.6 Å². The average molecular weight is 351 g/mol. The number of benzene rings is 2. The third kappa shape index (κ3) is 4.95. The quantitative estimate of drug-likeness (QED) is 0.736. The van der Waals surface area contributed by atoms with E-state index in [4.69, 9.17) is 0 Å². The molecule has 0 heterocycles. The lowest BCUT2D eigenvalue weighted by molar-refractivity contribution is -0.114. The molecule has 0 fully saturated rings. The Hall–Kier alpha value is -2.13. The van der Waals surface area contributed by atoms with Crippen LogP contribution >= 0.6 is 0 Å². The maximum absolute atomic E-state index is 11.2. The number of hydrogen-bond donors (Lipinski definition) is 2. The summed E-state index contributed by atoms with van der Waals surface area (Å²) >= 11 is 0. The number of nitrogens with one attached hydrogen (secondary N) is 2. The van der Waals surface area contributed by atoms with Gasteiger partial charge < -0.3 is 10.6 Å². The molecule has 0 radical (unpaired) electrons. The number of rotatable bonds is 7. The van der Waals surface area contributed by atoms with Crippen molar-refractivity contribution in [1.29, 1.82) is 0 Å². The molecular weight excluding hydrogens is 320 g/mol. The van der Waals surface area contributed by atoms with Crippen molar-refractivity contribution in [2.75, 3.05) is 5.32 Å². The monoisotopic (exact) mass is 350 g/mol. The van der Waals surface area contributed by atoms with Crippen LogP contribution in [0.15, 0.2) is 48.5 Å². The second kappa shape index (κ2) is 9.00. The number of aryl methyl sites for hydroxylation is 2. The molecule has 2 unspecified atom stereocenters. The lowest BCUT2D eigenvalue weighted by Gasteiger charge is -2.30. The maximum atomic E-state index is 11.2. The van der Waals surface area contributed by atoms with Gasteiger partial charge in [0.25, 0.3) is 0 Å². The van der Waals surface area contributed by atoms with Gasteiger partial charge in [-0.15, -0.1) is 0 Å². The first-order chi connectivity index (χ1) is 12.7. The Labute approximate surface area is 157 Å². The third-order valence-corrected chi connectivity index (χ3v) is 5.33. The average Bonchev–Trinajstić information content (AvgIpc) is 2.65. The van der Waals surface area contributed by atoms with Crippen LogP contribution in [0.5, 0.6) is 0 Å². The third-order valence-electron chi connectivity index (χ3n) is 5.33. The zero-order chi connectivity index (χ0) is 18.4. The van der Waals surface area contributed by atoms with Crippen LogP contribution in [-0.2, 0) is 17.6 Å². The fourth-order valence-corrected chi connectivity index (χ4v) is 3.97. The van der Waals surface area contributed by atoms with Crippen LogP contribution < -0.4 is 10.6 Å². The maximum Gasteiger partial charge on any atom is 0.221 e. The molecule has 0 aromatic heterocycles. The van der Waals surface area contributed by atoms with Gasteiger partial charge in [0.1, 0.15) is 0 Å². The van der Waals surface area contributed by atoms with Gasteiger partial charge in [0.05, 0.1) is 0 Å². The van der Waals surface area contributed by atoms with Crippen molar-refractivity contribution in [2.45, 2.75) is 64.5 Å². The van der Waals surface area contributed by atoms with E-state index in [1.165, 1.54) is 36.0 Å². The zero-order valence-electron chi connectivity index (χ0n) is 15.9. The van der Waals surface area contributed by atoms with Crippen LogP contribution in [0.3, 0.4) is 0 Å². The molecule has 2 aromatic rings. The SMILES string of the molecule is CCC(CCc1cccc(NC(C)=O)c1)NC1CCCc2ccccc21. The van der Waals surface area contributed by atoms with Gasteiger partial charge in [0, 0.05) is 24.7 Å². The Bertz CT molecular complexity index is 740. The van der Waals surface area contributed by atoms with Gasteiger partial charge in [0.15, 0.2) is 0 Å². The van der Waals surface area contributed by atoms with E-state index < -0.39 is 0 Å². The van der Waals surface area contributed by atoms with Gasteiger partial charge in [-0.1, -0.05) is 43.3 Å². The summed E-state index contributed by atoms with van der Waals surface area (Å²) in [6, 6.07) is 18.1. The number of amides is 1. The molecule has 138 valence electrons. The van der Waals surface area contributed by atoms with E-state index in [0.717, 1.165) is 24.9 Å². The predicted octanol–water partition coefficient (Wildman–Crippen LogP) is 5.02. The van der Waals surface area contributed by atoms with Crippen LogP contribution in [0.1, 0.15) is 62.3 Å². The van der Waals surface area contributed by atoms with Crippen molar-refractivity contribution < 1.29 is 4.79 Å². The van der Waals surface area contributed by atoms with Crippen LogP contribution in [0.4, 0.5) is 5.69 Å². The number of fused-ring (bicyclic) bond motifs is 1. The molecule has 1 amide bonds. The van der Waals surface area contributed by atoms with Crippen molar-refractivity contribution in [1.82, 2.24) is 5.32 Å². The van der Waals surface area contributed by atoms with Crippen molar-refractivity contribution in [2.24, 2.45) is 0 Å². The summed E-state index contributed by atoms with van der Waals surface area (Å²) < 4.78 is 0.